The molecule has 2 heterocycles. The van der Waals surface area contributed by atoms with E-state index < -0.39 is 18.0 Å². The van der Waals surface area contributed by atoms with E-state index in [9.17, 15) is 18.0 Å². The highest BCUT2D eigenvalue weighted by Gasteiger charge is 2.33. The van der Waals surface area contributed by atoms with Crippen molar-refractivity contribution in [1.82, 2.24) is 15.1 Å². The van der Waals surface area contributed by atoms with Crippen molar-refractivity contribution in [2.75, 3.05) is 31.1 Å². The number of amides is 1. The Morgan fingerprint density at radius 3 is 2.18 bits per heavy atom. The molecule has 0 spiro atoms. The molecule has 0 bridgehead atoms. The second-order valence-electron chi connectivity index (χ2n) is 6.96. The maximum atomic E-state index is 12.6. The van der Waals surface area contributed by atoms with E-state index in [0.717, 1.165) is 6.07 Å². The molecule has 2 aliphatic rings. The van der Waals surface area contributed by atoms with Crippen molar-refractivity contribution in [3.05, 3.63) is 47.7 Å². The molecule has 148 valence electrons. The number of ether oxygens (including phenoxy) is 1. The van der Waals surface area contributed by atoms with Crippen molar-refractivity contribution < 1.29 is 22.7 Å². The molecule has 1 saturated heterocycles. The summed E-state index contributed by atoms with van der Waals surface area (Å²) in [4.78, 5) is 15.7. The van der Waals surface area contributed by atoms with Crippen molar-refractivity contribution in [2.45, 2.75) is 24.9 Å². The molecule has 1 amide bonds. The number of piperazine rings is 1. The summed E-state index contributed by atoms with van der Waals surface area (Å²) in [5, 5.41) is 6.89. The first-order valence-electron chi connectivity index (χ1n) is 9.13. The van der Waals surface area contributed by atoms with Gasteiger partial charge in [-0.2, -0.15) is 13.2 Å². The van der Waals surface area contributed by atoms with Crippen LogP contribution < -0.4 is 9.64 Å². The van der Waals surface area contributed by atoms with Gasteiger partial charge in [-0.25, -0.2) is 4.79 Å². The molecule has 1 aromatic heterocycles. The van der Waals surface area contributed by atoms with Crippen LogP contribution in [0.1, 0.15) is 30.0 Å². The van der Waals surface area contributed by atoms with Gasteiger partial charge in [-0.05, 0) is 48.6 Å². The van der Waals surface area contributed by atoms with Crippen molar-refractivity contribution in [2.24, 2.45) is 0 Å². The number of alkyl halides is 3. The van der Waals surface area contributed by atoms with Crippen molar-refractivity contribution >= 4 is 11.9 Å². The third kappa shape index (κ3) is 4.18. The average Bonchev–Trinajstić information content (AvgIpc) is 3.53. The number of benzene rings is 1. The molecule has 0 unspecified atom stereocenters. The van der Waals surface area contributed by atoms with E-state index in [1.165, 1.54) is 24.5 Å². The SMILES string of the molecule is O=C(Oc1ccc(C2CC2)cc1)N1CCN(c2ccc(C(F)(F)F)nn2)CC1. The number of anilines is 1. The van der Waals surface area contributed by atoms with Gasteiger partial charge < -0.3 is 14.5 Å². The highest BCUT2D eigenvalue weighted by atomic mass is 19.4. The van der Waals surface area contributed by atoms with Crippen LogP contribution in [0.5, 0.6) is 5.75 Å². The molecule has 9 heteroatoms. The van der Waals surface area contributed by atoms with Crippen LogP contribution in [0.2, 0.25) is 0 Å². The van der Waals surface area contributed by atoms with Crippen LogP contribution in [0.25, 0.3) is 0 Å². The Kier molecular flexibility index (Phi) is 4.82. The summed E-state index contributed by atoms with van der Waals surface area (Å²) >= 11 is 0. The van der Waals surface area contributed by atoms with Gasteiger partial charge in [0.05, 0.1) is 0 Å². The average molecular weight is 392 g/mol. The molecule has 0 atom stereocenters. The molecule has 0 N–H and O–H groups in total. The fourth-order valence-corrected chi connectivity index (χ4v) is 3.15. The molecule has 1 aliphatic heterocycles. The maximum Gasteiger partial charge on any atom is 0.435 e. The lowest BCUT2D eigenvalue weighted by atomic mass is 10.1. The molecule has 2 fully saturated rings. The quantitative estimate of drug-likeness (QED) is 0.797. The van der Waals surface area contributed by atoms with Crippen LogP contribution in [0.15, 0.2) is 36.4 Å². The lowest BCUT2D eigenvalue weighted by molar-refractivity contribution is -0.141. The highest BCUT2D eigenvalue weighted by molar-refractivity contribution is 5.71. The Balaban J connectivity index is 1.30. The molecule has 0 radical (unpaired) electrons. The zero-order valence-corrected chi connectivity index (χ0v) is 15.0. The van der Waals surface area contributed by atoms with E-state index in [-0.39, 0.29) is 0 Å². The largest absolute Gasteiger partial charge is 0.435 e. The summed E-state index contributed by atoms with van der Waals surface area (Å²) in [6.07, 6.45) is -2.51. The predicted molar refractivity (Wildman–Crippen MR) is 95.3 cm³/mol. The minimum Gasteiger partial charge on any atom is -0.410 e. The zero-order chi connectivity index (χ0) is 19.7. The van der Waals surface area contributed by atoms with Gasteiger partial charge in [-0.3, -0.25) is 0 Å². The van der Waals surface area contributed by atoms with E-state index >= 15 is 0 Å². The smallest absolute Gasteiger partial charge is 0.410 e. The van der Waals surface area contributed by atoms with Gasteiger partial charge in [0.2, 0.25) is 0 Å². The number of hydrogen-bond donors (Lipinski definition) is 0. The number of rotatable bonds is 3. The van der Waals surface area contributed by atoms with Crippen LogP contribution in [0, 0.1) is 0 Å². The number of nitrogens with zero attached hydrogens (tertiary/aromatic N) is 4. The van der Waals surface area contributed by atoms with E-state index in [1.807, 2.05) is 12.1 Å². The topological polar surface area (TPSA) is 58.6 Å². The van der Waals surface area contributed by atoms with Gasteiger partial charge >= 0.3 is 12.3 Å². The number of aromatic nitrogens is 2. The van der Waals surface area contributed by atoms with Crippen molar-refractivity contribution in [1.29, 1.82) is 0 Å². The van der Waals surface area contributed by atoms with E-state index in [4.69, 9.17) is 4.74 Å². The number of carbonyl (C=O) groups excluding carboxylic acids is 1. The van der Waals surface area contributed by atoms with Gasteiger partial charge in [0.25, 0.3) is 0 Å². The first-order valence-corrected chi connectivity index (χ1v) is 9.13. The summed E-state index contributed by atoms with van der Waals surface area (Å²) in [5.41, 5.74) is 0.247. The standard InChI is InChI=1S/C19H19F3N4O2/c20-19(21,22)16-7-8-17(24-23-16)25-9-11-26(12-10-25)18(27)28-15-5-3-14(4-6-15)13-1-2-13/h3-8,13H,1-2,9-12H2. The molecule has 6 nitrogen and oxygen atoms in total. The monoisotopic (exact) mass is 392 g/mol. The lowest BCUT2D eigenvalue weighted by Crippen LogP contribution is -2.50. The second kappa shape index (κ2) is 7.29. The fourth-order valence-electron chi connectivity index (χ4n) is 3.15. The van der Waals surface area contributed by atoms with Gasteiger partial charge in [0, 0.05) is 26.2 Å². The Morgan fingerprint density at radius 1 is 0.964 bits per heavy atom. The van der Waals surface area contributed by atoms with E-state index in [1.54, 1.807) is 21.9 Å². The first kappa shape index (κ1) is 18.5. The van der Waals surface area contributed by atoms with Gasteiger partial charge in [0.1, 0.15) is 5.75 Å². The summed E-state index contributed by atoms with van der Waals surface area (Å²) in [6.45, 7) is 1.66. The van der Waals surface area contributed by atoms with Crippen LogP contribution in [0.3, 0.4) is 0 Å². The third-order valence-corrected chi connectivity index (χ3v) is 4.94. The normalized spacial score (nSPS) is 17.5. The highest BCUT2D eigenvalue weighted by Crippen LogP contribution is 2.40. The maximum absolute atomic E-state index is 12.6. The van der Waals surface area contributed by atoms with Gasteiger partial charge in [-0.15, -0.1) is 10.2 Å². The van der Waals surface area contributed by atoms with Crippen LogP contribution >= 0.6 is 0 Å². The molecule has 2 aromatic rings. The first-order chi connectivity index (χ1) is 13.4. The predicted octanol–water partition coefficient (Wildman–Crippen LogP) is 3.69. The van der Waals surface area contributed by atoms with Gasteiger partial charge in [-0.1, -0.05) is 12.1 Å². The van der Waals surface area contributed by atoms with Crippen molar-refractivity contribution in [3.8, 4) is 5.75 Å². The second-order valence-corrected chi connectivity index (χ2v) is 6.96. The lowest BCUT2D eigenvalue weighted by Gasteiger charge is -2.34. The van der Waals surface area contributed by atoms with E-state index in [0.29, 0.717) is 43.7 Å². The van der Waals surface area contributed by atoms with Gasteiger partial charge in [0.15, 0.2) is 11.5 Å². The molecule has 1 aliphatic carbocycles. The van der Waals surface area contributed by atoms with Crippen LogP contribution in [-0.4, -0.2) is 47.4 Å². The molecular formula is C19H19F3N4O2. The Hall–Kier alpha value is -2.84. The molecular weight excluding hydrogens is 373 g/mol. The summed E-state index contributed by atoms with van der Waals surface area (Å²) in [7, 11) is 0. The summed E-state index contributed by atoms with van der Waals surface area (Å²) < 4.78 is 43.1. The summed E-state index contributed by atoms with van der Waals surface area (Å²) in [5.74, 6) is 1.51. The Morgan fingerprint density at radius 2 is 1.64 bits per heavy atom. The molecule has 4 rings (SSSR count). The van der Waals surface area contributed by atoms with Crippen molar-refractivity contribution in [3.63, 3.8) is 0 Å². The number of carbonyl (C=O) groups is 1. The summed E-state index contributed by atoms with van der Waals surface area (Å²) in [6, 6.07) is 9.79. The van der Waals surface area contributed by atoms with E-state index in [2.05, 4.69) is 10.2 Å². The molecule has 1 aromatic carbocycles. The number of halogens is 3. The minimum atomic E-state index is -4.51. The molecule has 28 heavy (non-hydrogen) atoms. The third-order valence-electron chi connectivity index (χ3n) is 4.94. The van der Waals surface area contributed by atoms with Crippen LogP contribution in [-0.2, 0) is 6.18 Å². The Labute approximate surface area is 159 Å². The number of hydrogen-bond acceptors (Lipinski definition) is 5. The zero-order valence-electron chi connectivity index (χ0n) is 15.0. The Bertz CT molecular complexity index is 828. The minimum absolute atomic E-state index is 0.358. The molecule has 1 saturated carbocycles. The fraction of sp³-hybridized carbons (Fsp3) is 0.421. The van der Waals surface area contributed by atoms with Crippen LogP contribution in [0.4, 0.5) is 23.8 Å².